The van der Waals surface area contributed by atoms with Crippen LogP contribution in [0.2, 0.25) is 0 Å². The standard InChI is InChI=1S/C29H29N3O5/c1-16(2)15-36-21-12-9-17(13-23(21)35-3)24-25-28(32(31-29(25)34)18-7-5-4-6-8-18)30-26-20-11-10-19(33)14-22(20)37-27(24)26/h9-14,18,30H,1,4-8,15H2,2-3H3,(H,31,34). The highest BCUT2D eigenvalue weighted by Crippen LogP contribution is 2.42. The van der Waals surface area contributed by atoms with E-state index in [2.05, 4.69) is 16.7 Å². The van der Waals surface area contributed by atoms with Gasteiger partial charge in [-0.1, -0.05) is 31.9 Å². The summed E-state index contributed by atoms with van der Waals surface area (Å²) >= 11 is 0. The Morgan fingerprint density at radius 3 is 2.68 bits per heavy atom. The lowest BCUT2D eigenvalue weighted by Crippen LogP contribution is -2.16. The van der Waals surface area contributed by atoms with E-state index in [0.717, 1.165) is 53.4 Å². The Labute approximate surface area is 212 Å². The summed E-state index contributed by atoms with van der Waals surface area (Å²) in [4.78, 5) is 29.1. The van der Waals surface area contributed by atoms with Gasteiger partial charge >= 0.3 is 0 Å². The molecule has 1 aliphatic rings. The molecule has 3 aromatic heterocycles. The lowest BCUT2D eigenvalue weighted by atomic mass is 9.95. The summed E-state index contributed by atoms with van der Waals surface area (Å²) in [6.45, 7) is 6.16. The lowest BCUT2D eigenvalue weighted by molar-refractivity contribution is 0.320. The molecule has 37 heavy (non-hydrogen) atoms. The Balaban J connectivity index is 1.66. The number of hydrogen-bond donors (Lipinski definition) is 2. The van der Waals surface area contributed by atoms with Crippen molar-refractivity contribution in [3.05, 3.63) is 69.1 Å². The fourth-order valence-electron chi connectivity index (χ4n) is 5.44. The number of pyridine rings is 1. The van der Waals surface area contributed by atoms with Gasteiger partial charge in [-0.3, -0.25) is 19.4 Å². The third kappa shape index (κ3) is 3.93. The summed E-state index contributed by atoms with van der Waals surface area (Å²) in [6.07, 6.45) is 5.49. The first-order valence-corrected chi connectivity index (χ1v) is 12.6. The smallest absolute Gasteiger partial charge is 0.274 e. The summed E-state index contributed by atoms with van der Waals surface area (Å²) < 4.78 is 19.7. The molecule has 0 unspecified atom stereocenters. The van der Waals surface area contributed by atoms with Crippen molar-refractivity contribution in [2.45, 2.75) is 45.1 Å². The predicted octanol–water partition coefficient (Wildman–Crippen LogP) is 6.05. The molecule has 0 radical (unpaired) electrons. The Bertz CT molecular complexity index is 1780. The molecule has 0 spiro atoms. The molecular weight excluding hydrogens is 470 g/mol. The van der Waals surface area contributed by atoms with Crippen molar-refractivity contribution >= 4 is 33.1 Å². The van der Waals surface area contributed by atoms with Gasteiger partial charge in [0.05, 0.1) is 24.1 Å². The largest absolute Gasteiger partial charge is 0.493 e. The zero-order valence-corrected chi connectivity index (χ0v) is 21.0. The minimum atomic E-state index is -0.194. The van der Waals surface area contributed by atoms with Crippen LogP contribution in [0.4, 0.5) is 0 Å². The van der Waals surface area contributed by atoms with Crippen LogP contribution in [0, 0.1) is 0 Å². The van der Waals surface area contributed by atoms with Gasteiger partial charge in [0, 0.05) is 17.0 Å². The Kier molecular flexibility index (Phi) is 5.67. The molecule has 0 amide bonds. The first-order valence-electron chi connectivity index (χ1n) is 12.6. The molecule has 0 saturated heterocycles. The van der Waals surface area contributed by atoms with Crippen molar-refractivity contribution in [2.24, 2.45) is 0 Å². The summed E-state index contributed by atoms with van der Waals surface area (Å²) in [7, 11) is 1.58. The molecule has 0 aliphatic heterocycles. The van der Waals surface area contributed by atoms with Crippen molar-refractivity contribution in [3.63, 3.8) is 0 Å². The Hall–Kier alpha value is -4.20. The van der Waals surface area contributed by atoms with Gasteiger partial charge < -0.3 is 18.9 Å². The van der Waals surface area contributed by atoms with Gasteiger partial charge in [0.25, 0.3) is 5.56 Å². The molecule has 1 fully saturated rings. The van der Waals surface area contributed by atoms with E-state index in [1.165, 1.54) is 18.6 Å². The molecule has 1 aliphatic carbocycles. The normalized spacial score (nSPS) is 14.5. The number of furan rings is 1. The zero-order valence-electron chi connectivity index (χ0n) is 21.0. The van der Waals surface area contributed by atoms with E-state index in [0.29, 0.717) is 40.2 Å². The Morgan fingerprint density at radius 2 is 1.92 bits per heavy atom. The van der Waals surface area contributed by atoms with Crippen LogP contribution in [0.1, 0.15) is 45.1 Å². The van der Waals surface area contributed by atoms with Crippen LogP contribution >= 0.6 is 0 Å². The molecule has 2 aromatic carbocycles. The zero-order chi connectivity index (χ0) is 25.7. The number of nitrogens with zero attached hydrogens (tertiary/aromatic N) is 1. The number of aromatic amines is 2. The van der Waals surface area contributed by atoms with E-state index in [-0.39, 0.29) is 17.0 Å². The molecule has 0 atom stereocenters. The van der Waals surface area contributed by atoms with Crippen LogP contribution in [0.3, 0.4) is 0 Å². The minimum Gasteiger partial charge on any atom is -0.493 e. The van der Waals surface area contributed by atoms with Gasteiger partial charge in [-0.15, -0.1) is 0 Å². The number of methoxy groups -OCH3 is 1. The third-order valence-electron chi connectivity index (χ3n) is 7.17. The van der Waals surface area contributed by atoms with Crippen molar-refractivity contribution < 1.29 is 13.9 Å². The van der Waals surface area contributed by atoms with E-state index in [1.54, 1.807) is 13.2 Å². The van der Waals surface area contributed by atoms with Crippen molar-refractivity contribution in [3.8, 4) is 22.6 Å². The number of benzene rings is 2. The van der Waals surface area contributed by atoms with Crippen LogP contribution in [0.25, 0.3) is 44.2 Å². The second-order valence-electron chi connectivity index (χ2n) is 9.90. The van der Waals surface area contributed by atoms with Crippen LogP contribution in [0.5, 0.6) is 11.5 Å². The highest BCUT2D eigenvalue weighted by atomic mass is 16.5. The van der Waals surface area contributed by atoms with Gasteiger partial charge in [-0.05, 0) is 55.2 Å². The first kappa shape index (κ1) is 23.2. The topological polar surface area (TPSA) is 102 Å². The van der Waals surface area contributed by atoms with Gasteiger partial charge in [-0.25, -0.2) is 0 Å². The monoisotopic (exact) mass is 499 g/mol. The summed E-state index contributed by atoms with van der Waals surface area (Å²) in [5.74, 6) is 1.12. The van der Waals surface area contributed by atoms with E-state index in [9.17, 15) is 9.59 Å². The van der Waals surface area contributed by atoms with Crippen molar-refractivity contribution in [2.75, 3.05) is 13.7 Å². The molecule has 0 bridgehead atoms. The third-order valence-corrected chi connectivity index (χ3v) is 7.17. The number of fused-ring (bicyclic) bond motifs is 4. The highest BCUT2D eigenvalue weighted by Gasteiger charge is 2.26. The number of hydrogen-bond acceptors (Lipinski definition) is 5. The van der Waals surface area contributed by atoms with E-state index in [1.807, 2.05) is 29.8 Å². The molecule has 8 heteroatoms. The molecule has 3 heterocycles. The van der Waals surface area contributed by atoms with Crippen LogP contribution in [-0.4, -0.2) is 28.5 Å². The maximum atomic E-state index is 13.5. The van der Waals surface area contributed by atoms with Gasteiger partial charge in [-0.2, -0.15) is 0 Å². The molecule has 1 saturated carbocycles. The second kappa shape index (κ2) is 9.03. The van der Waals surface area contributed by atoms with E-state index < -0.39 is 0 Å². The Morgan fingerprint density at radius 1 is 1.11 bits per heavy atom. The van der Waals surface area contributed by atoms with Gasteiger partial charge in [0.15, 0.2) is 22.5 Å². The SMILES string of the molecule is C=C(C)COc1ccc(-c2c3oc4cc(=O)ccc4c3[nH]c3c2c(=O)[nH]n3C2CCCCC2)cc1OC. The maximum absolute atomic E-state index is 13.5. The van der Waals surface area contributed by atoms with E-state index >= 15 is 0 Å². The molecule has 5 aromatic rings. The predicted molar refractivity (Wildman–Crippen MR) is 145 cm³/mol. The number of H-pyrrole nitrogens is 2. The lowest BCUT2D eigenvalue weighted by Gasteiger charge is -2.23. The molecular formula is C29H29N3O5. The maximum Gasteiger partial charge on any atom is 0.274 e. The summed E-state index contributed by atoms with van der Waals surface area (Å²) in [5.41, 5.74) is 4.40. The summed E-state index contributed by atoms with van der Waals surface area (Å²) in [6, 6.07) is 10.6. The fraction of sp³-hybridized carbons (Fsp3) is 0.310. The second-order valence-corrected chi connectivity index (χ2v) is 9.90. The first-order chi connectivity index (χ1) is 17.9. The molecule has 2 N–H and O–H groups in total. The van der Waals surface area contributed by atoms with Crippen LogP contribution < -0.4 is 20.5 Å². The minimum absolute atomic E-state index is 0.136. The van der Waals surface area contributed by atoms with E-state index in [4.69, 9.17) is 13.9 Å². The van der Waals surface area contributed by atoms with Crippen LogP contribution in [0.15, 0.2) is 62.6 Å². The highest BCUT2D eigenvalue weighted by molar-refractivity contribution is 6.14. The number of nitrogens with one attached hydrogen (secondary N) is 2. The van der Waals surface area contributed by atoms with Gasteiger partial charge in [0.1, 0.15) is 17.8 Å². The average molecular weight is 500 g/mol. The average Bonchev–Trinajstić information content (AvgIpc) is 3.43. The van der Waals surface area contributed by atoms with Gasteiger partial charge in [0.2, 0.25) is 0 Å². The summed E-state index contributed by atoms with van der Waals surface area (Å²) in [5, 5.41) is 4.40. The van der Waals surface area contributed by atoms with Crippen LogP contribution in [-0.2, 0) is 0 Å². The number of ether oxygens (including phenoxy) is 2. The van der Waals surface area contributed by atoms with Crippen molar-refractivity contribution in [1.29, 1.82) is 0 Å². The number of rotatable bonds is 6. The van der Waals surface area contributed by atoms with Crippen molar-refractivity contribution in [1.82, 2.24) is 14.8 Å². The fourth-order valence-corrected chi connectivity index (χ4v) is 5.44. The quantitative estimate of drug-likeness (QED) is 0.277. The number of aromatic nitrogens is 3. The molecule has 8 nitrogen and oxygen atoms in total. The molecule has 190 valence electrons. The molecule has 6 rings (SSSR count).